The minimum atomic E-state index is -0.355. The maximum absolute atomic E-state index is 13.0. The van der Waals surface area contributed by atoms with Crippen LogP contribution in [0.25, 0.3) is 46.3 Å². The molecule has 4 aliphatic carbocycles. The van der Waals surface area contributed by atoms with Crippen molar-refractivity contribution in [3.63, 3.8) is 0 Å². The first-order chi connectivity index (χ1) is 46.0. The number of nitrogens with zero attached hydrogens (tertiary/aromatic N) is 9. The molecule has 94 heavy (non-hydrogen) atoms. The molecule has 0 saturated carbocycles. The molecule has 0 saturated heterocycles. The van der Waals surface area contributed by atoms with Crippen LogP contribution in [0.3, 0.4) is 0 Å². The third kappa shape index (κ3) is 15.5. The van der Waals surface area contributed by atoms with Crippen LogP contribution in [-0.4, -0.2) is 44.9 Å². The van der Waals surface area contributed by atoms with Crippen LogP contribution in [0.1, 0.15) is 154 Å². The molecule has 0 aliphatic heterocycles. The Morgan fingerprint density at radius 1 is 0.372 bits per heavy atom. The summed E-state index contributed by atoms with van der Waals surface area (Å²) in [6.07, 6.45) is 24.1. The zero-order valence-corrected chi connectivity index (χ0v) is 54.8. The summed E-state index contributed by atoms with van der Waals surface area (Å²) in [6, 6.07) is 47.2. The normalized spacial score (nSPS) is 17.4. The van der Waals surface area contributed by atoms with Crippen molar-refractivity contribution in [2.75, 3.05) is 0 Å². The molecule has 9 heterocycles. The molecule has 0 N–H and O–H groups in total. The van der Waals surface area contributed by atoms with E-state index >= 15 is 0 Å². The number of pyridine rings is 5. The van der Waals surface area contributed by atoms with Crippen molar-refractivity contribution in [3.8, 4) is 46.3 Å². The lowest BCUT2D eigenvalue weighted by Crippen LogP contribution is -2.04. The average Bonchev–Trinajstić information content (AvgIpc) is 1.71. The van der Waals surface area contributed by atoms with Crippen molar-refractivity contribution in [3.05, 3.63) is 277 Å². The van der Waals surface area contributed by atoms with Gasteiger partial charge in [0.05, 0.1) is 39.7 Å². The maximum atomic E-state index is 13.0. The largest absolute Gasteiger partial charge is 0.440 e. The van der Waals surface area contributed by atoms with E-state index in [9.17, 15) is 4.39 Å². The Kier molecular flexibility index (Phi) is 20.3. The Balaban J connectivity index is 0.000000114. The smallest absolute Gasteiger partial charge is 0.245 e. The number of halogens is 4. The molecular weight excluding hydrogens is 1240 g/mol. The fourth-order valence-electron chi connectivity index (χ4n) is 13.2. The maximum Gasteiger partial charge on any atom is 0.245 e. The predicted octanol–water partition coefficient (Wildman–Crippen LogP) is 19.7. The minimum Gasteiger partial charge on any atom is -0.440 e. The summed E-state index contributed by atoms with van der Waals surface area (Å²) in [6.45, 7) is 4.19. The van der Waals surface area contributed by atoms with E-state index in [-0.39, 0.29) is 11.7 Å². The molecule has 0 bridgehead atoms. The third-order valence-corrected chi connectivity index (χ3v) is 18.9. The summed E-state index contributed by atoms with van der Waals surface area (Å²) < 4.78 is 37.2. The number of aryl methyl sites for hydroxylation is 6. The first-order valence-corrected chi connectivity index (χ1v) is 33.6. The zero-order chi connectivity index (χ0) is 64.3. The van der Waals surface area contributed by atoms with Crippen molar-refractivity contribution in [1.29, 1.82) is 0 Å². The van der Waals surface area contributed by atoms with E-state index in [1.54, 1.807) is 30.9 Å². The Morgan fingerprint density at radius 2 is 0.809 bits per heavy atom. The summed E-state index contributed by atoms with van der Waals surface area (Å²) in [5, 5.41) is 2.42. The molecule has 3 aromatic carbocycles. The van der Waals surface area contributed by atoms with Gasteiger partial charge in [0, 0.05) is 66.4 Å². The van der Waals surface area contributed by atoms with Crippen LogP contribution in [0.5, 0.6) is 0 Å². The predicted molar refractivity (Wildman–Crippen MR) is 364 cm³/mol. The van der Waals surface area contributed by atoms with Crippen LogP contribution in [0.2, 0.25) is 15.1 Å². The second kappa shape index (κ2) is 30.0. The van der Waals surface area contributed by atoms with Gasteiger partial charge in [-0.3, -0.25) is 19.9 Å². The first-order valence-electron chi connectivity index (χ1n) is 32.5. The van der Waals surface area contributed by atoms with E-state index in [0.717, 1.165) is 186 Å². The number of rotatable bonds is 8. The van der Waals surface area contributed by atoms with E-state index in [1.807, 2.05) is 91.0 Å². The fraction of sp³-hybridized carbons (Fsp3) is 0.286. The number of hydrogen-bond donors (Lipinski definition) is 0. The molecule has 0 radical (unpaired) electrons. The second-order valence-corrected chi connectivity index (χ2v) is 25.8. The molecule has 4 unspecified atom stereocenters. The summed E-state index contributed by atoms with van der Waals surface area (Å²) >= 11 is 19.2. The molecule has 17 heteroatoms. The van der Waals surface area contributed by atoms with Crippen LogP contribution >= 0.6 is 34.8 Å². The highest BCUT2D eigenvalue weighted by atomic mass is 35.5. The molecule has 4 atom stereocenters. The lowest BCUT2D eigenvalue weighted by Gasteiger charge is -2.16. The highest BCUT2D eigenvalue weighted by molar-refractivity contribution is 6.32. The second-order valence-electron chi connectivity index (χ2n) is 24.6. The summed E-state index contributed by atoms with van der Waals surface area (Å²) in [7, 11) is 0. The van der Waals surface area contributed by atoms with Crippen molar-refractivity contribution < 1.29 is 22.1 Å². The van der Waals surface area contributed by atoms with Gasteiger partial charge < -0.3 is 17.7 Å². The Bertz CT molecular complexity index is 4340. The van der Waals surface area contributed by atoms with Gasteiger partial charge in [-0.05, 0) is 204 Å². The van der Waals surface area contributed by atoms with Crippen LogP contribution < -0.4 is 0 Å². The topological polar surface area (TPSA) is 169 Å². The van der Waals surface area contributed by atoms with E-state index < -0.39 is 0 Å². The van der Waals surface area contributed by atoms with Crippen LogP contribution in [-0.2, 0) is 51.4 Å². The Morgan fingerprint density at radius 3 is 1.28 bits per heavy atom. The molecule has 13 nitrogen and oxygen atoms in total. The van der Waals surface area contributed by atoms with E-state index in [1.165, 1.54) is 40.1 Å². The van der Waals surface area contributed by atoms with Gasteiger partial charge in [0.1, 0.15) is 51.6 Å². The van der Waals surface area contributed by atoms with Crippen molar-refractivity contribution in [1.82, 2.24) is 44.9 Å². The quantitative estimate of drug-likeness (QED) is 0.132. The highest BCUT2D eigenvalue weighted by Gasteiger charge is 2.30. The van der Waals surface area contributed by atoms with Crippen molar-refractivity contribution >= 4 is 34.8 Å². The Hall–Kier alpha value is -8.95. The zero-order valence-electron chi connectivity index (χ0n) is 52.5. The molecule has 4 aliphatic rings. The summed E-state index contributed by atoms with van der Waals surface area (Å²) in [5.41, 5.74) is 14.3. The van der Waals surface area contributed by atoms with Gasteiger partial charge >= 0.3 is 0 Å². The number of oxazole rings is 4. The monoisotopic (exact) mass is 1310 g/mol. The van der Waals surface area contributed by atoms with Gasteiger partial charge in [-0.25, -0.2) is 29.3 Å². The summed E-state index contributed by atoms with van der Waals surface area (Å²) in [4.78, 5) is 40.1. The van der Waals surface area contributed by atoms with Gasteiger partial charge in [-0.1, -0.05) is 113 Å². The molecule has 0 amide bonds. The van der Waals surface area contributed by atoms with Crippen molar-refractivity contribution in [2.24, 2.45) is 0 Å². The third-order valence-electron chi connectivity index (χ3n) is 17.9. The lowest BCUT2D eigenvalue weighted by atomic mass is 9.91. The van der Waals surface area contributed by atoms with Crippen molar-refractivity contribution in [2.45, 2.75) is 140 Å². The molecule has 0 fully saturated rings. The van der Waals surface area contributed by atoms with Gasteiger partial charge in [-0.2, -0.15) is 0 Å². The molecule has 9 aromatic heterocycles. The molecular formula is C77H71Cl3FN9O4. The van der Waals surface area contributed by atoms with E-state index in [4.69, 9.17) is 52.5 Å². The molecule has 16 rings (SSSR count). The molecule has 12 aromatic rings. The van der Waals surface area contributed by atoms with Crippen LogP contribution in [0.15, 0.2) is 194 Å². The van der Waals surface area contributed by atoms with Gasteiger partial charge in [-0.15, -0.1) is 0 Å². The number of fused-ring (bicyclic) bond motifs is 4. The standard InChI is InChI=1S/C20H19ClN2O.C20H19FN2O.C19H17ClN2O.C18H16ClN3O/c1-13-8-9-15(16(21)11-13)14-5-4-7-17-19(12-14)24-20(23-17)18-6-2-3-10-22-18;1-13-4-2-5-14(10-13)15-6-3-7-17-19(11-15)24-20(23-17)18-9-8-16(21)12-22-18;20-15-8-2-1-7-14(15)13-6-5-10-16-18(12-13)23-19(22-16)17-9-3-4-11-21-17;19-13-6-4-10-21-17(13)12-5-3-8-14-16(11-12)23-18(22-14)15-7-1-2-9-20-15/h2-3,6,8-11,14H,4-5,7,12H2,1H3;2,4-5,8-10,12,15H,3,6-7,11H2,1H3;1-4,7-9,11,13H,5-6,10,12H2;1-2,4,6-7,9-10,12H,3,5,8,11H2. The van der Waals surface area contributed by atoms with Crippen LogP contribution in [0, 0.1) is 19.7 Å². The Labute approximate surface area is 561 Å². The fourth-order valence-corrected chi connectivity index (χ4v) is 14.1. The van der Waals surface area contributed by atoms with Gasteiger partial charge in [0.2, 0.25) is 23.6 Å². The molecule has 0 spiro atoms. The SMILES string of the molecule is Cc1ccc(C2CCCc3nc(-c4ccccn4)oc3C2)c(Cl)c1.Cc1cccc(C2CCCc3nc(-c4ccc(F)cn4)oc3C2)c1.Clc1ccccc1C1CCCc2nc(-c3ccccn3)oc2C1.Clc1cccnc1C1CCCc2nc(-c3ccccn3)oc2C1. The number of benzene rings is 3. The average molecular weight is 1310 g/mol. The lowest BCUT2D eigenvalue weighted by molar-refractivity contribution is 0.483. The van der Waals surface area contributed by atoms with Gasteiger partial charge in [0.25, 0.3) is 0 Å². The van der Waals surface area contributed by atoms with E-state index in [0.29, 0.717) is 47.0 Å². The number of aromatic nitrogens is 9. The molecule has 476 valence electrons. The van der Waals surface area contributed by atoms with Crippen LogP contribution in [0.4, 0.5) is 4.39 Å². The number of hydrogen-bond acceptors (Lipinski definition) is 13. The minimum absolute atomic E-state index is 0.273. The van der Waals surface area contributed by atoms with E-state index in [2.05, 4.69) is 101 Å². The first kappa shape index (κ1) is 63.8. The van der Waals surface area contributed by atoms with Gasteiger partial charge in [0.15, 0.2) is 0 Å². The highest BCUT2D eigenvalue weighted by Crippen LogP contribution is 2.41. The summed E-state index contributed by atoms with van der Waals surface area (Å²) in [5.74, 6) is 7.31.